The molecule has 118 valence electrons. The molecule has 0 atom stereocenters. The Morgan fingerprint density at radius 2 is 1.52 bits per heavy atom. The predicted molar refractivity (Wildman–Crippen MR) is 73.0 cm³/mol. The summed E-state index contributed by atoms with van der Waals surface area (Å²) in [4.78, 5) is 0. The van der Waals surface area contributed by atoms with Gasteiger partial charge in [0.05, 0.1) is 30.8 Å². The first kappa shape index (κ1) is 15.4. The highest BCUT2D eigenvalue weighted by Crippen LogP contribution is 2.48. The van der Waals surface area contributed by atoms with Crippen LogP contribution >= 0.6 is 0 Å². The van der Waals surface area contributed by atoms with Crippen molar-refractivity contribution in [3.05, 3.63) is 11.5 Å². The van der Waals surface area contributed by atoms with Crippen LogP contribution in [-0.2, 0) is 18.8 Å². The molecule has 2 aliphatic heterocycles. The molecular weight excluding hydrogens is 281 g/mol. The molecule has 0 unspecified atom stereocenters. The van der Waals surface area contributed by atoms with Gasteiger partial charge in [0.1, 0.15) is 0 Å². The highest BCUT2D eigenvalue weighted by atomic mass is 19.3. The van der Waals surface area contributed by atoms with Crippen molar-refractivity contribution in [2.75, 3.05) is 13.2 Å². The Morgan fingerprint density at radius 3 is 2.00 bits per heavy atom. The first-order valence-electron chi connectivity index (χ1n) is 7.29. The molecule has 2 saturated heterocycles. The van der Waals surface area contributed by atoms with Gasteiger partial charge in [-0.05, 0) is 27.7 Å². The van der Waals surface area contributed by atoms with Crippen molar-refractivity contribution in [2.45, 2.75) is 63.4 Å². The van der Waals surface area contributed by atoms with Crippen LogP contribution in [0, 0.1) is 0 Å². The number of rotatable bonds is 1. The van der Waals surface area contributed by atoms with Gasteiger partial charge in [-0.25, -0.2) is 8.78 Å². The highest BCUT2D eigenvalue weighted by Gasteiger charge is 2.60. The van der Waals surface area contributed by atoms with Crippen LogP contribution in [0.2, 0.25) is 0 Å². The summed E-state index contributed by atoms with van der Waals surface area (Å²) < 4.78 is 51.3. The number of hydrogen-bond donors (Lipinski definition) is 0. The van der Waals surface area contributed by atoms with Crippen LogP contribution in [0.5, 0.6) is 0 Å². The lowest BCUT2D eigenvalue weighted by Crippen LogP contribution is -2.46. The molecule has 0 bridgehead atoms. The summed E-state index contributed by atoms with van der Waals surface area (Å²) in [6, 6.07) is 0. The fourth-order valence-electron chi connectivity index (χ4n) is 2.88. The van der Waals surface area contributed by atoms with Crippen LogP contribution in [0.15, 0.2) is 11.5 Å². The van der Waals surface area contributed by atoms with Crippen LogP contribution in [0.25, 0.3) is 0 Å². The lowest BCUT2D eigenvalue weighted by atomic mass is 9.69. The normalized spacial score (nSPS) is 32.5. The van der Waals surface area contributed by atoms with Gasteiger partial charge in [-0.1, -0.05) is 6.08 Å². The van der Waals surface area contributed by atoms with Crippen molar-refractivity contribution in [2.24, 2.45) is 0 Å². The van der Waals surface area contributed by atoms with Crippen molar-refractivity contribution in [1.29, 1.82) is 0 Å². The molecule has 0 amide bonds. The van der Waals surface area contributed by atoms with E-state index in [0.29, 0.717) is 19.6 Å². The molecule has 0 N–H and O–H groups in total. The molecular formula is C14H21BF2O4. The Hall–Kier alpha value is -0.495. The van der Waals surface area contributed by atoms with Gasteiger partial charge in [0.25, 0.3) is 5.92 Å². The SMILES string of the molecule is CC1(C)OB(C2=CCC3(CC2(F)F)OCCO3)OC1(C)C. The molecule has 3 aliphatic rings. The summed E-state index contributed by atoms with van der Waals surface area (Å²) in [7, 11) is -1.02. The average Bonchev–Trinajstić information content (AvgIpc) is 2.81. The predicted octanol–water partition coefficient (Wildman–Crippen LogP) is 2.72. The van der Waals surface area contributed by atoms with Crippen molar-refractivity contribution in [3.8, 4) is 0 Å². The van der Waals surface area contributed by atoms with Crippen LogP contribution in [0.3, 0.4) is 0 Å². The summed E-state index contributed by atoms with van der Waals surface area (Å²) in [5.41, 5.74) is -1.39. The van der Waals surface area contributed by atoms with E-state index in [1.165, 1.54) is 6.08 Å². The van der Waals surface area contributed by atoms with Crippen LogP contribution in [0.1, 0.15) is 40.5 Å². The number of hydrogen-bond acceptors (Lipinski definition) is 4. The first-order valence-corrected chi connectivity index (χ1v) is 7.29. The molecule has 0 aromatic rings. The molecule has 0 saturated carbocycles. The topological polar surface area (TPSA) is 36.9 Å². The van der Waals surface area contributed by atoms with Crippen LogP contribution in [-0.4, -0.2) is 43.2 Å². The summed E-state index contributed by atoms with van der Waals surface area (Å²) in [5.74, 6) is -4.25. The summed E-state index contributed by atoms with van der Waals surface area (Å²) in [6.45, 7) is 8.10. The molecule has 1 spiro atoms. The molecule has 3 rings (SSSR count). The zero-order valence-electron chi connectivity index (χ0n) is 12.9. The van der Waals surface area contributed by atoms with E-state index in [0.717, 1.165) is 0 Å². The zero-order chi connectivity index (χ0) is 15.5. The van der Waals surface area contributed by atoms with Gasteiger partial charge < -0.3 is 18.8 Å². The van der Waals surface area contributed by atoms with Gasteiger partial charge in [-0.3, -0.25) is 0 Å². The third-order valence-corrected chi connectivity index (χ3v) is 4.87. The van der Waals surface area contributed by atoms with E-state index in [2.05, 4.69) is 0 Å². The summed E-state index contributed by atoms with van der Waals surface area (Å²) >= 11 is 0. The molecule has 1 aliphatic carbocycles. The van der Waals surface area contributed by atoms with Gasteiger partial charge in [0.2, 0.25) is 0 Å². The molecule has 2 fully saturated rings. The number of allylic oxidation sites excluding steroid dienone is 1. The average molecular weight is 302 g/mol. The number of alkyl halides is 2. The van der Waals surface area contributed by atoms with E-state index in [1.54, 1.807) is 0 Å². The Bertz CT molecular complexity index is 454. The van der Waals surface area contributed by atoms with E-state index in [4.69, 9.17) is 18.8 Å². The van der Waals surface area contributed by atoms with E-state index < -0.39 is 36.5 Å². The van der Waals surface area contributed by atoms with Crippen LogP contribution in [0.4, 0.5) is 8.78 Å². The maximum absolute atomic E-state index is 14.5. The summed E-state index contributed by atoms with van der Waals surface area (Å²) in [6.07, 6.45) is 1.26. The summed E-state index contributed by atoms with van der Waals surface area (Å²) in [5, 5.41) is 0. The molecule has 0 aromatic heterocycles. The van der Waals surface area contributed by atoms with Crippen molar-refractivity contribution in [3.63, 3.8) is 0 Å². The molecule has 0 aromatic carbocycles. The fraction of sp³-hybridized carbons (Fsp3) is 0.857. The lowest BCUT2D eigenvalue weighted by molar-refractivity contribution is -0.199. The second-order valence-corrected chi connectivity index (χ2v) is 6.94. The van der Waals surface area contributed by atoms with Crippen molar-refractivity contribution < 1.29 is 27.6 Å². The van der Waals surface area contributed by atoms with Gasteiger partial charge in [0, 0.05) is 11.9 Å². The molecule has 4 nitrogen and oxygen atoms in total. The second kappa shape index (κ2) is 4.50. The zero-order valence-corrected chi connectivity index (χ0v) is 12.9. The molecule has 21 heavy (non-hydrogen) atoms. The van der Waals surface area contributed by atoms with E-state index in [-0.39, 0.29) is 5.47 Å². The first-order chi connectivity index (χ1) is 9.57. The number of ether oxygens (including phenoxy) is 2. The molecule has 2 heterocycles. The minimum absolute atomic E-state index is 0.120. The Labute approximate surface area is 123 Å². The van der Waals surface area contributed by atoms with Crippen molar-refractivity contribution in [1.82, 2.24) is 0 Å². The maximum atomic E-state index is 14.5. The van der Waals surface area contributed by atoms with Gasteiger partial charge >= 0.3 is 7.12 Å². The van der Waals surface area contributed by atoms with E-state index in [1.807, 2.05) is 27.7 Å². The third-order valence-electron chi connectivity index (χ3n) is 4.87. The third kappa shape index (κ3) is 2.44. The minimum atomic E-state index is -3.07. The number of halogens is 2. The smallest absolute Gasteiger partial charge is 0.399 e. The second-order valence-electron chi connectivity index (χ2n) is 6.94. The largest absolute Gasteiger partial charge is 0.496 e. The maximum Gasteiger partial charge on any atom is 0.496 e. The Kier molecular flexibility index (Phi) is 3.30. The monoisotopic (exact) mass is 302 g/mol. The van der Waals surface area contributed by atoms with Gasteiger partial charge in [-0.15, -0.1) is 0 Å². The highest BCUT2D eigenvalue weighted by molar-refractivity contribution is 6.55. The molecule has 0 radical (unpaired) electrons. The standard InChI is InChI=1S/C14H21BF2O4/c1-11(2)12(3,4)21-15(20-11)10-5-6-13(9-14(10,16)17)18-7-8-19-13/h5H,6-9H2,1-4H3. The van der Waals surface area contributed by atoms with Crippen LogP contribution < -0.4 is 0 Å². The van der Waals surface area contributed by atoms with Crippen molar-refractivity contribution >= 4 is 7.12 Å². The minimum Gasteiger partial charge on any atom is -0.399 e. The van der Waals surface area contributed by atoms with Gasteiger partial charge in [0.15, 0.2) is 5.79 Å². The fourth-order valence-corrected chi connectivity index (χ4v) is 2.88. The Morgan fingerprint density at radius 1 is 1.00 bits per heavy atom. The van der Waals surface area contributed by atoms with Gasteiger partial charge in [-0.2, -0.15) is 0 Å². The van der Waals surface area contributed by atoms with E-state index >= 15 is 0 Å². The molecule has 7 heteroatoms. The van der Waals surface area contributed by atoms with E-state index in [9.17, 15) is 8.78 Å². The quantitative estimate of drug-likeness (QED) is 0.698. The lowest BCUT2D eigenvalue weighted by Gasteiger charge is -2.36. The Balaban J connectivity index is 1.85.